The van der Waals surface area contributed by atoms with Crippen LogP contribution >= 0.6 is 15.9 Å². The second-order valence-corrected chi connectivity index (χ2v) is 5.23. The number of nitrogens with zero attached hydrogens (tertiary/aromatic N) is 1. The maximum absolute atomic E-state index is 12.9. The number of halogens is 4. The van der Waals surface area contributed by atoms with Crippen LogP contribution in [0.2, 0.25) is 0 Å². The summed E-state index contributed by atoms with van der Waals surface area (Å²) in [7, 11) is 0. The highest BCUT2D eigenvalue weighted by Gasteiger charge is 2.33. The summed E-state index contributed by atoms with van der Waals surface area (Å²) < 4.78 is 39.0. The first-order valence-electron chi connectivity index (χ1n) is 5.74. The number of aliphatic imine (C=N–C) groups is 1. The largest absolute Gasteiger partial charge is 0.416 e. The maximum atomic E-state index is 12.9. The van der Waals surface area contributed by atoms with Crippen molar-refractivity contribution in [3.05, 3.63) is 46.0 Å². The van der Waals surface area contributed by atoms with Crippen molar-refractivity contribution in [2.45, 2.75) is 19.6 Å². The third-order valence-electron chi connectivity index (χ3n) is 2.37. The minimum Gasteiger partial charge on any atom is -0.370 e. The Morgan fingerprint density at radius 3 is 2.65 bits per heavy atom. The average molecular weight is 350 g/mol. The summed E-state index contributed by atoms with van der Waals surface area (Å²) in [4.78, 5) is 3.90. The Bertz CT molecular complexity index is 524. The van der Waals surface area contributed by atoms with Crippen LogP contribution in [-0.2, 0) is 12.7 Å². The molecule has 0 aromatic heterocycles. The fraction of sp³-hybridized carbons (Fsp3) is 0.308. The maximum Gasteiger partial charge on any atom is 0.416 e. The van der Waals surface area contributed by atoms with Gasteiger partial charge in [-0.25, -0.2) is 4.99 Å². The van der Waals surface area contributed by atoms with Crippen molar-refractivity contribution < 1.29 is 13.2 Å². The van der Waals surface area contributed by atoms with E-state index in [1.807, 2.05) is 0 Å². The first-order valence-corrected chi connectivity index (χ1v) is 6.53. The lowest BCUT2D eigenvalue weighted by Gasteiger charge is -2.12. The molecule has 0 radical (unpaired) electrons. The zero-order valence-electron chi connectivity index (χ0n) is 10.9. The predicted octanol–water partition coefficient (Wildman–Crippen LogP) is 3.45. The molecule has 0 aliphatic carbocycles. The van der Waals surface area contributed by atoms with Crippen LogP contribution in [-0.4, -0.2) is 12.5 Å². The van der Waals surface area contributed by atoms with Crippen molar-refractivity contribution in [3.63, 3.8) is 0 Å². The van der Waals surface area contributed by atoms with Gasteiger partial charge in [-0.2, -0.15) is 13.2 Å². The molecule has 0 saturated heterocycles. The van der Waals surface area contributed by atoms with E-state index in [2.05, 4.69) is 32.8 Å². The van der Waals surface area contributed by atoms with Crippen molar-refractivity contribution >= 4 is 21.9 Å². The summed E-state index contributed by atoms with van der Waals surface area (Å²) in [5.74, 6) is 0.0871. The van der Waals surface area contributed by atoms with Gasteiger partial charge in [-0.3, -0.25) is 0 Å². The Labute approximate surface area is 123 Å². The zero-order chi connectivity index (χ0) is 15.3. The molecule has 3 nitrogen and oxygen atoms in total. The van der Waals surface area contributed by atoms with Gasteiger partial charge in [-0.15, -0.1) is 0 Å². The highest BCUT2D eigenvalue weighted by Crippen LogP contribution is 2.34. The predicted molar refractivity (Wildman–Crippen MR) is 77.3 cm³/mol. The molecule has 3 N–H and O–H groups in total. The molecule has 0 fully saturated rings. The van der Waals surface area contributed by atoms with Crippen LogP contribution in [0, 0.1) is 0 Å². The van der Waals surface area contributed by atoms with Crippen molar-refractivity contribution in [3.8, 4) is 0 Å². The van der Waals surface area contributed by atoms with Crippen molar-refractivity contribution in [1.29, 1.82) is 0 Å². The zero-order valence-corrected chi connectivity index (χ0v) is 12.5. The Kier molecular flexibility index (Phi) is 5.62. The standard InChI is InChI=1S/C13H15BrF3N3/c1-8(2)6-19-12(18)20-7-9-3-4-10(14)5-11(9)13(15,16)17/h3-5H,1,6-7H2,2H3,(H3,18,19,20). The van der Waals surface area contributed by atoms with Crippen molar-refractivity contribution in [2.24, 2.45) is 10.7 Å². The fourth-order valence-electron chi connectivity index (χ4n) is 1.42. The lowest BCUT2D eigenvalue weighted by molar-refractivity contribution is -0.138. The lowest BCUT2D eigenvalue weighted by Crippen LogP contribution is -2.32. The Morgan fingerprint density at radius 1 is 1.45 bits per heavy atom. The number of guanidine groups is 1. The molecule has 1 rings (SSSR count). The fourth-order valence-corrected chi connectivity index (χ4v) is 1.78. The average Bonchev–Trinajstić information content (AvgIpc) is 2.33. The van der Waals surface area contributed by atoms with E-state index in [9.17, 15) is 13.2 Å². The molecule has 0 bridgehead atoms. The number of benzene rings is 1. The van der Waals surface area contributed by atoms with Gasteiger partial charge < -0.3 is 11.1 Å². The van der Waals surface area contributed by atoms with E-state index in [1.165, 1.54) is 12.1 Å². The molecule has 0 saturated carbocycles. The van der Waals surface area contributed by atoms with Crippen LogP contribution < -0.4 is 11.1 Å². The summed E-state index contributed by atoms with van der Waals surface area (Å²) in [6.45, 7) is 5.77. The monoisotopic (exact) mass is 349 g/mol. The summed E-state index contributed by atoms with van der Waals surface area (Å²) in [6, 6.07) is 3.95. The number of hydrogen-bond acceptors (Lipinski definition) is 1. The van der Waals surface area contributed by atoms with E-state index in [0.717, 1.165) is 11.6 Å². The quantitative estimate of drug-likeness (QED) is 0.497. The van der Waals surface area contributed by atoms with Gasteiger partial charge in [-0.1, -0.05) is 34.1 Å². The van der Waals surface area contributed by atoms with Crippen LogP contribution in [0.25, 0.3) is 0 Å². The van der Waals surface area contributed by atoms with Crippen molar-refractivity contribution in [2.75, 3.05) is 6.54 Å². The van der Waals surface area contributed by atoms with Gasteiger partial charge in [0.15, 0.2) is 5.96 Å². The molecule has 0 unspecified atom stereocenters. The van der Waals surface area contributed by atoms with Gasteiger partial charge in [0, 0.05) is 11.0 Å². The van der Waals surface area contributed by atoms with Gasteiger partial charge in [0.2, 0.25) is 0 Å². The Morgan fingerprint density at radius 2 is 2.10 bits per heavy atom. The van der Waals surface area contributed by atoms with Gasteiger partial charge in [0.05, 0.1) is 12.1 Å². The molecule has 0 atom stereocenters. The second-order valence-electron chi connectivity index (χ2n) is 4.31. The highest BCUT2D eigenvalue weighted by atomic mass is 79.9. The van der Waals surface area contributed by atoms with E-state index in [0.29, 0.717) is 11.0 Å². The molecule has 0 heterocycles. The Balaban J connectivity index is 2.87. The Hall–Kier alpha value is -1.50. The van der Waals surface area contributed by atoms with Gasteiger partial charge in [-0.05, 0) is 24.6 Å². The minimum absolute atomic E-state index is 0.0702. The van der Waals surface area contributed by atoms with Crippen LogP contribution in [0.5, 0.6) is 0 Å². The first kappa shape index (κ1) is 16.6. The summed E-state index contributed by atoms with van der Waals surface area (Å²) in [5.41, 5.74) is 5.77. The number of rotatable bonds is 4. The lowest BCUT2D eigenvalue weighted by atomic mass is 10.1. The highest BCUT2D eigenvalue weighted by molar-refractivity contribution is 9.10. The number of hydrogen-bond donors (Lipinski definition) is 2. The van der Waals surface area contributed by atoms with Crippen LogP contribution in [0.1, 0.15) is 18.1 Å². The molecular weight excluding hydrogens is 335 g/mol. The molecule has 1 aromatic carbocycles. The minimum atomic E-state index is -4.42. The molecular formula is C13H15BrF3N3. The van der Waals surface area contributed by atoms with E-state index in [4.69, 9.17) is 5.73 Å². The van der Waals surface area contributed by atoms with Crippen LogP contribution in [0.3, 0.4) is 0 Å². The van der Waals surface area contributed by atoms with E-state index >= 15 is 0 Å². The molecule has 0 spiro atoms. The smallest absolute Gasteiger partial charge is 0.370 e. The number of nitrogens with one attached hydrogen (secondary N) is 1. The first-order chi connectivity index (χ1) is 9.20. The second kappa shape index (κ2) is 6.78. The van der Waals surface area contributed by atoms with E-state index < -0.39 is 11.7 Å². The molecule has 7 heteroatoms. The molecule has 0 aliphatic heterocycles. The summed E-state index contributed by atoms with van der Waals surface area (Å²) in [5, 5.41) is 2.76. The van der Waals surface area contributed by atoms with Crippen LogP contribution in [0.4, 0.5) is 13.2 Å². The number of nitrogens with two attached hydrogens (primary N) is 1. The third kappa shape index (κ3) is 5.24. The SMILES string of the molecule is C=C(C)CNC(N)=NCc1ccc(Br)cc1C(F)(F)F. The van der Waals surface area contributed by atoms with Gasteiger partial charge >= 0.3 is 6.18 Å². The molecule has 0 aliphatic rings. The van der Waals surface area contributed by atoms with E-state index in [-0.39, 0.29) is 18.1 Å². The summed E-state index contributed by atoms with van der Waals surface area (Å²) >= 11 is 3.03. The topological polar surface area (TPSA) is 50.4 Å². The summed E-state index contributed by atoms with van der Waals surface area (Å²) in [6.07, 6.45) is -4.42. The molecule has 110 valence electrons. The molecule has 20 heavy (non-hydrogen) atoms. The van der Waals surface area contributed by atoms with Gasteiger partial charge in [0.25, 0.3) is 0 Å². The van der Waals surface area contributed by atoms with Crippen molar-refractivity contribution in [1.82, 2.24) is 5.32 Å². The number of alkyl halides is 3. The third-order valence-corrected chi connectivity index (χ3v) is 2.86. The normalized spacial score (nSPS) is 12.3. The molecule has 0 amide bonds. The van der Waals surface area contributed by atoms with Crippen LogP contribution in [0.15, 0.2) is 39.8 Å². The molecule has 1 aromatic rings. The van der Waals surface area contributed by atoms with Gasteiger partial charge in [0.1, 0.15) is 0 Å². The van der Waals surface area contributed by atoms with E-state index in [1.54, 1.807) is 6.92 Å².